The van der Waals surface area contributed by atoms with Gasteiger partial charge in [-0.15, -0.1) is 0 Å². The Hall–Kier alpha value is -3.98. The van der Waals surface area contributed by atoms with Crippen molar-refractivity contribution in [2.75, 3.05) is 24.5 Å². The first-order valence-corrected chi connectivity index (χ1v) is 13.7. The molecule has 0 saturated carbocycles. The number of amides is 1. The number of carboxylic acids is 1. The number of carboxylic acid groups (broad SMARTS) is 1. The third-order valence-electron chi connectivity index (χ3n) is 7.51. The Morgan fingerprint density at radius 2 is 1.85 bits per heavy atom. The van der Waals surface area contributed by atoms with Crippen LogP contribution in [0.1, 0.15) is 66.7 Å². The standard InChI is InChI=1S/C31H32ClFN4O4/c1-17-11-26(34-15-19(17)29(39)40)36-9-10-37(31(5,6)16-36)28(38)25-14-24-27(41-25)20(30(2,3)4)13-23(35-24)18-7-8-21(32)22(33)12-18/h7-8,11-15H,9-10,16H2,1-6H3,(H,39,40). The Balaban J connectivity index is 1.46. The van der Waals surface area contributed by atoms with Crippen molar-refractivity contribution in [1.82, 2.24) is 14.9 Å². The summed E-state index contributed by atoms with van der Waals surface area (Å²) in [6.07, 6.45) is 1.37. The lowest BCUT2D eigenvalue weighted by Crippen LogP contribution is -2.61. The fourth-order valence-electron chi connectivity index (χ4n) is 5.29. The van der Waals surface area contributed by atoms with Crippen LogP contribution >= 0.6 is 11.6 Å². The van der Waals surface area contributed by atoms with E-state index in [0.717, 1.165) is 5.56 Å². The highest BCUT2D eigenvalue weighted by atomic mass is 35.5. The molecule has 0 unspecified atom stereocenters. The maximum atomic E-state index is 14.2. The maximum Gasteiger partial charge on any atom is 0.337 e. The molecule has 0 bridgehead atoms. The van der Waals surface area contributed by atoms with Gasteiger partial charge in [0.05, 0.1) is 21.8 Å². The number of furan rings is 1. The number of piperazine rings is 1. The van der Waals surface area contributed by atoms with Crippen LogP contribution in [0.4, 0.5) is 10.2 Å². The lowest BCUT2D eigenvalue weighted by molar-refractivity contribution is 0.0483. The van der Waals surface area contributed by atoms with Crippen LogP contribution in [-0.4, -0.2) is 57.0 Å². The number of halogens is 2. The van der Waals surface area contributed by atoms with E-state index in [4.69, 9.17) is 21.0 Å². The summed E-state index contributed by atoms with van der Waals surface area (Å²) >= 11 is 5.89. The molecule has 10 heteroatoms. The van der Waals surface area contributed by atoms with E-state index in [1.165, 1.54) is 18.3 Å². The predicted octanol–water partition coefficient (Wildman–Crippen LogP) is 6.73. The van der Waals surface area contributed by atoms with E-state index in [1.54, 1.807) is 30.0 Å². The number of fused-ring (bicyclic) bond motifs is 1. The Morgan fingerprint density at radius 3 is 2.46 bits per heavy atom. The molecule has 8 nitrogen and oxygen atoms in total. The summed E-state index contributed by atoms with van der Waals surface area (Å²) in [5, 5.41) is 9.37. The van der Waals surface area contributed by atoms with Crippen LogP contribution in [0, 0.1) is 12.7 Å². The number of carbonyl (C=O) groups is 2. The molecule has 0 spiro atoms. The van der Waals surface area contributed by atoms with Gasteiger partial charge in [-0.25, -0.2) is 19.2 Å². The Morgan fingerprint density at radius 1 is 1.12 bits per heavy atom. The number of aromatic carboxylic acids is 1. The molecule has 214 valence electrons. The Kier molecular flexibility index (Phi) is 7.06. The lowest BCUT2D eigenvalue weighted by Gasteiger charge is -2.47. The van der Waals surface area contributed by atoms with Crippen molar-refractivity contribution in [2.45, 2.75) is 52.5 Å². The number of hydrogen-bond donors (Lipinski definition) is 1. The summed E-state index contributed by atoms with van der Waals surface area (Å²) in [5.41, 5.74) is 2.89. The van der Waals surface area contributed by atoms with Crippen LogP contribution in [0.15, 0.2) is 47.0 Å². The summed E-state index contributed by atoms with van der Waals surface area (Å²) in [7, 11) is 0. The first kappa shape index (κ1) is 28.5. The molecular weight excluding hydrogens is 547 g/mol. The zero-order valence-electron chi connectivity index (χ0n) is 23.9. The number of anilines is 1. The van der Waals surface area contributed by atoms with E-state index in [2.05, 4.69) is 9.88 Å². The monoisotopic (exact) mass is 578 g/mol. The lowest BCUT2D eigenvalue weighted by atomic mass is 9.86. The first-order valence-electron chi connectivity index (χ1n) is 13.3. The molecule has 1 aliphatic heterocycles. The van der Waals surface area contributed by atoms with Crippen LogP contribution in [0.5, 0.6) is 0 Å². The predicted molar refractivity (Wildman–Crippen MR) is 156 cm³/mol. The minimum atomic E-state index is -1.01. The minimum Gasteiger partial charge on any atom is -0.478 e. The van der Waals surface area contributed by atoms with Gasteiger partial charge in [0, 0.05) is 43.0 Å². The highest BCUT2D eigenvalue weighted by molar-refractivity contribution is 6.30. The quantitative estimate of drug-likeness (QED) is 0.287. The van der Waals surface area contributed by atoms with E-state index < -0.39 is 17.3 Å². The van der Waals surface area contributed by atoms with Gasteiger partial charge in [0.15, 0.2) is 11.3 Å². The van der Waals surface area contributed by atoms with E-state index in [1.807, 2.05) is 40.7 Å². The molecule has 4 aromatic rings. The topological polar surface area (TPSA) is 99.8 Å². The van der Waals surface area contributed by atoms with Crippen molar-refractivity contribution in [3.8, 4) is 11.3 Å². The molecule has 0 atom stereocenters. The van der Waals surface area contributed by atoms with E-state index in [9.17, 15) is 19.1 Å². The van der Waals surface area contributed by atoms with Gasteiger partial charge in [0.25, 0.3) is 5.91 Å². The highest BCUT2D eigenvalue weighted by Gasteiger charge is 2.39. The summed E-state index contributed by atoms with van der Waals surface area (Å²) in [6.45, 7) is 13.3. The van der Waals surface area contributed by atoms with Gasteiger partial charge in [-0.2, -0.15) is 0 Å². The number of hydrogen-bond acceptors (Lipinski definition) is 6. The van der Waals surface area contributed by atoms with Gasteiger partial charge in [0.1, 0.15) is 17.2 Å². The van der Waals surface area contributed by atoms with Crippen LogP contribution in [0.2, 0.25) is 5.02 Å². The van der Waals surface area contributed by atoms with E-state index in [-0.39, 0.29) is 27.7 Å². The fourth-order valence-corrected chi connectivity index (χ4v) is 5.40. The van der Waals surface area contributed by atoms with E-state index in [0.29, 0.717) is 53.4 Å². The number of carbonyl (C=O) groups excluding carboxylic acids is 1. The molecule has 1 aromatic carbocycles. The molecule has 1 fully saturated rings. The third-order valence-corrected chi connectivity index (χ3v) is 7.82. The van der Waals surface area contributed by atoms with Gasteiger partial charge in [-0.1, -0.05) is 38.4 Å². The number of aromatic nitrogens is 2. The summed E-state index contributed by atoms with van der Waals surface area (Å²) in [4.78, 5) is 38.2. The van der Waals surface area contributed by atoms with Crippen LogP contribution in [0.25, 0.3) is 22.4 Å². The van der Waals surface area contributed by atoms with Crippen molar-refractivity contribution in [3.63, 3.8) is 0 Å². The van der Waals surface area contributed by atoms with E-state index >= 15 is 0 Å². The second-order valence-electron chi connectivity index (χ2n) is 12.1. The average molecular weight is 579 g/mol. The molecule has 1 amide bonds. The van der Waals surface area contributed by atoms with Crippen LogP contribution < -0.4 is 4.90 Å². The fraction of sp³-hybridized carbons (Fsp3) is 0.355. The maximum absolute atomic E-state index is 14.2. The zero-order valence-corrected chi connectivity index (χ0v) is 24.6. The molecule has 4 heterocycles. The molecule has 0 radical (unpaired) electrons. The molecule has 1 aliphatic rings. The number of nitrogens with zero attached hydrogens (tertiary/aromatic N) is 4. The summed E-state index contributed by atoms with van der Waals surface area (Å²) < 4.78 is 20.4. The van der Waals surface area contributed by atoms with Gasteiger partial charge in [-0.3, -0.25) is 4.79 Å². The molecule has 3 aromatic heterocycles. The van der Waals surface area contributed by atoms with Crippen LogP contribution in [0.3, 0.4) is 0 Å². The molecular formula is C31H32ClFN4O4. The molecule has 41 heavy (non-hydrogen) atoms. The number of benzene rings is 1. The minimum absolute atomic E-state index is 0.0352. The normalized spacial score (nSPS) is 15.4. The van der Waals surface area contributed by atoms with Gasteiger partial charge >= 0.3 is 5.97 Å². The Bertz CT molecular complexity index is 1690. The Labute approximate surface area is 242 Å². The van der Waals surface area contributed by atoms with Gasteiger partial charge in [-0.05, 0) is 56.0 Å². The first-order chi connectivity index (χ1) is 19.2. The summed E-state index contributed by atoms with van der Waals surface area (Å²) in [5.74, 6) is -0.951. The SMILES string of the molecule is Cc1cc(N2CCN(C(=O)c3cc4nc(-c5ccc(Cl)c(F)c5)cc(C(C)(C)C)c4o3)C(C)(C)C2)ncc1C(=O)O. The molecule has 1 saturated heterocycles. The number of rotatable bonds is 4. The highest BCUT2D eigenvalue weighted by Crippen LogP contribution is 2.36. The number of pyridine rings is 2. The number of aryl methyl sites for hydroxylation is 1. The van der Waals surface area contributed by atoms with Crippen molar-refractivity contribution in [1.29, 1.82) is 0 Å². The van der Waals surface area contributed by atoms with Crippen molar-refractivity contribution in [3.05, 3.63) is 75.9 Å². The average Bonchev–Trinajstić information content (AvgIpc) is 3.32. The second kappa shape index (κ2) is 10.1. The van der Waals surface area contributed by atoms with Crippen molar-refractivity contribution >= 4 is 40.4 Å². The zero-order chi connectivity index (χ0) is 29.9. The van der Waals surface area contributed by atoms with Crippen molar-refractivity contribution in [2.24, 2.45) is 0 Å². The largest absolute Gasteiger partial charge is 0.478 e. The van der Waals surface area contributed by atoms with Crippen LogP contribution in [-0.2, 0) is 5.41 Å². The van der Waals surface area contributed by atoms with Crippen molar-refractivity contribution < 1.29 is 23.5 Å². The summed E-state index contributed by atoms with van der Waals surface area (Å²) in [6, 6.07) is 9.85. The molecule has 1 N–H and O–H groups in total. The molecule has 0 aliphatic carbocycles. The third kappa shape index (κ3) is 5.38. The van der Waals surface area contributed by atoms with Gasteiger partial charge < -0.3 is 19.3 Å². The second-order valence-corrected chi connectivity index (χ2v) is 12.5. The molecule has 5 rings (SSSR count). The van der Waals surface area contributed by atoms with Gasteiger partial charge in [0.2, 0.25) is 0 Å². The smallest absolute Gasteiger partial charge is 0.337 e.